The Morgan fingerprint density at radius 1 is 1.29 bits per heavy atom. The van der Waals surface area contributed by atoms with E-state index in [-0.39, 0.29) is 0 Å². The number of rotatable bonds is 7. The molecule has 4 nitrogen and oxygen atoms in total. The third kappa shape index (κ3) is 2.82. The monoisotopic (exact) mass is 239 g/mol. The first-order chi connectivity index (χ1) is 7.74. The molecule has 0 amide bonds. The Morgan fingerprint density at radius 2 is 1.88 bits per heavy atom. The van der Waals surface area contributed by atoms with Crippen molar-refractivity contribution in [3.63, 3.8) is 0 Å². The molecule has 1 aliphatic rings. The molecular formula is C13H21NO3. The van der Waals surface area contributed by atoms with Crippen LogP contribution in [0.15, 0.2) is 37.0 Å². The maximum absolute atomic E-state index is 5.63. The van der Waals surface area contributed by atoms with Crippen LogP contribution in [0.3, 0.4) is 0 Å². The van der Waals surface area contributed by atoms with Crippen LogP contribution in [-0.2, 0) is 14.2 Å². The van der Waals surface area contributed by atoms with Gasteiger partial charge in [0.2, 0.25) is 5.72 Å². The molecule has 4 heteroatoms. The zero-order valence-electron chi connectivity index (χ0n) is 11.1. The molecule has 0 aliphatic carbocycles. The summed E-state index contributed by atoms with van der Waals surface area (Å²) in [5.41, 5.74) is 0.116. The summed E-state index contributed by atoms with van der Waals surface area (Å²) in [5.74, 6) is 0.201. The highest BCUT2D eigenvalue weighted by atomic mass is 16.8. The molecule has 1 heterocycles. The molecule has 0 saturated carbocycles. The molecule has 0 radical (unpaired) electrons. The second kappa shape index (κ2) is 4.45. The van der Waals surface area contributed by atoms with E-state index in [2.05, 4.69) is 25.1 Å². The van der Waals surface area contributed by atoms with Gasteiger partial charge in [-0.1, -0.05) is 13.2 Å². The van der Waals surface area contributed by atoms with Crippen LogP contribution in [0.5, 0.6) is 0 Å². The highest BCUT2D eigenvalue weighted by Gasteiger charge is 2.68. The lowest BCUT2D eigenvalue weighted by Crippen LogP contribution is -2.37. The van der Waals surface area contributed by atoms with Crippen molar-refractivity contribution < 1.29 is 14.2 Å². The number of nitrogens with one attached hydrogen (secondary N) is 1. The Bertz CT molecular complexity index is 364. The fourth-order valence-corrected chi connectivity index (χ4v) is 1.42. The zero-order valence-corrected chi connectivity index (χ0v) is 11.1. The molecule has 96 valence electrons. The van der Waals surface area contributed by atoms with Crippen molar-refractivity contribution in [2.24, 2.45) is 0 Å². The Morgan fingerprint density at radius 3 is 2.35 bits per heavy atom. The molecule has 2 unspecified atom stereocenters. The smallest absolute Gasteiger partial charge is 0.258 e. The number of allylic oxidation sites excluding steroid dienone is 1. The quantitative estimate of drug-likeness (QED) is 0.421. The van der Waals surface area contributed by atoms with Gasteiger partial charge in [-0.05, 0) is 32.9 Å². The van der Waals surface area contributed by atoms with Crippen LogP contribution in [0, 0.1) is 0 Å². The van der Waals surface area contributed by atoms with E-state index in [0.29, 0.717) is 18.2 Å². The van der Waals surface area contributed by atoms with Crippen LogP contribution in [-0.4, -0.2) is 18.1 Å². The Balaban J connectivity index is 2.56. The predicted molar refractivity (Wildman–Crippen MR) is 66.8 cm³/mol. The van der Waals surface area contributed by atoms with Crippen molar-refractivity contribution in [2.45, 2.75) is 39.2 Å². The van der Waals surface area contributed by atoms with Crippen molar-refractivity contribution >= 4 is 0 Å². The van der Waals surface area contributed by atoms with Gasteiger partial charge in [-0.15, -0.1) is 0 Å². The number of ether oxygens (including phenoxy) is 3. The highest BCUT2D eigenvalue weighted by Crippen LogP contribution is 2.48. The van der Waals surface area contributed by atoms with Crippen molar-refractivity contribution in [3.05, 3.63) is 37.0 Å². The molecule has 17 heavy (non-hydrogen) atoms. The van der Waals surface area contributed by atoms with E-state index in [1.807, 2.05) is 27.7 Å². The topological polar surface area (TPSA) is 43.0 Å². The molecule has 0 aromatic carbocycles. The standard InChI is InChI=1S/C13H21NO3/c1-8-15-11(5)14-12(6)13(7,17-12)16-10(4)9(2)3/h14H,2,4-5,8H2,1,3,6-7H3. The van der Waals surface area contributed by atoms with Gasteiger partial charge in [-0.2, -0.15) is 0 Å². The number of hydrogen-bond donors (Lipinski definition) is 1. The number of hydrogen-bond acceptors (Lipinski definition) is 4. The maximum atomic E-state index is 5.63. The van der Waals surface area contributed by atoms with E-state index in [4.69, 9.17) is 14.2 Å². The maximum Gasteiger partial charge on any atom is 0.258 e. The molecule has 1 N–H and O–H groups in total. The minimum Gasteiger partial charge on any atom is -0.480 e. The first-order valence-electron chi connectivity index (χ1n) is 5.58. The Kier molecular flexibility index (Phi) is 3.57. The predicted octanol–water partition coefficient (Wildman–Crippen LogP) is 2.65. The third-order valence-electron chi connectivity index (χ3n) is 2.71. The Hall–Kier alpha value is -1.42. The molecule has 1 saturated heterocycles. The summed E-state index contributed by atoms with van der Waals surface area (Å²) in [7, 11) is 0. The average Bonchev–Trinajstić information content (AvgIpc) is 2.66. The SMILES string of the molecule is C=C(NC1(C)OC1(C)OC(=C)C(=C)C)OCC. The lowest BCUT2D eigenvalue weighted by Gasteiger charge is -2.19. The molecule has 1 fully saturated rings. The van der Waals surface area contributed by atoms with Gasteiger partial charge in [0.05, 0.1) is 6.61 Å². The average molecular weight is 239 g/mol. The van der Waals surface area contributed by atoms with Crippen LogP contribution in [0.2, 0.25) is 0 Å². The molecule has 0 aromatic heterocycles. The summed E-state index contributed by atoms with van der Waals surface area (Å²) in [6, 6.07) is 0. The fourth-order valence-electron chi connectivity index (χ4n) is 1.42. The molecule has 0 bridgehead atoms. The van der Waals surface area contributed by atoms with E-state index >= 15 is 0 Å². The molecule has 0 aromatic rings. The molecule has 2 atom stereocenters. The van der Waals surface area contributed by atoms with E-state index < -0.39 is 11.5 Å². The Labute approximate surface area is 103 Å². The van der Waals surface area contributed by atoms with Crippen LogP contribution in [0.4, 0.5) is 0 Å². The first kappa shape index (κ1) is 13.6. The summed E-state index contributed by atoms with van der Waals surface area (Å²) >= 11 is 0. The fraction of sp³-hybridized carbons (Fsp3) is 0.538. The van der Waals surface area contributed by atoms with E-state index in [9.17, 15) is 0 Å². The van der Waals surface area contributed by atoms with Gasteiger partial charge in [0, 0.05) is 6.92 Å². The van der Waals surface area contributed by atoms with Gasteiger partial charge >= 0.3 is 0 Å². The van der Waals surface area contributed by atoms with Crippen molar-refractivity contribution in [3.8, 4) is 0 Å². The van der Waals surface area contributed by atoms with Gasteiger partial charge in [-0.25, -0.2) is 0 Å². The molecule has 1 aliphatic heterocycles. The molecule has 1 rings (SSSR count). The lowest BCUT2D eigenvalue weighted by molar-refractivity contribution is 0.0210. The van der Waals surface area contributed by atoms with E-state index in [1.165, 1.54) is 0 Å². The summed E-state index contributed by atoms with van der Waals surface area (Å²) in [5, 5.41) is 3.03. The van der Waals surface area contributed by atoms with Gasteiger partial charge in [0.1, 0.15) is 5.76 Å². The van der Waals surface area contributed by atoms with E-state index in [1.54, 1.807) is 0 Å². The summed E-state index contributed by atoms with van der Waals surface area (Å²) < 4.78 is 16.4. The van der Waals surface area contributed by atoms with Gasteiger partial charge < -0.3 is 19.5 Å². The number of epoxide rings is 1. The van der Waals surface area contributed by atoms with Gasteiger partial charge in [0.25, 0.3) is 5.79 Å². The van der Waals surface area contributed by atoms with Crippen LogP contribution >= 0.6 is 0 Å². The van der Waals surface area contributed by atoms with Crippen molar-refractivity contribution in [1.82, 2.24) is 5.32 Å². The van der Waals surface area contributed by atoms with Crippen LogP contribution < -0.4 is 5.32 Å². The highest BCUT2D eigenvalue weighted by molar-refractivity contribution is 5.19. The lowest BCUT2D eigenvalue weighted by atomic mass is 10.2. The van der Waals surface area contributed by atoms with Gasteiger partial charge in [-0.3, -0.25) is 0 Å². The first-order valence-corrected chi connectivity index (χ1v) is 5.58. The van der Waals surface area contributed by atoms with Gasteiger partial charge in [0.15, 0.2) is 5.88 Å². The third-order valence-corrected chi connectivity index (χ3v) is 2.71. The van der Waals surface area contributed by atoms with Crippen LogP contribution in [0.25, 0.3) is 0 Å². The normalized spacial score (nSPS) is 30.4. The second-order valence-electron chi connectivity index (χ2n) is 4.37. The second-order valence-corrected chi connectivity index (χ2v) is 4.37. The molecular weight excluding hydrogens is 218 g/mol. The van der Waals surface area contributed by atoms with E-state index in [0.717, 1.165) is 5.57 Å². The molecule has 0 spiro atoms. The van der Waals surface area contributed by atoms with Crippen molar-refractivity contribution in [1.29, 1.82) is 0 Å². The zero-order chi connectivity index (χ0) is 13.3. The summed E-state index contributed by atoms with van der Waals surface area (Å²) in [4.78, 5) is 0. The van der Waals surface area contributed by atoms with Crippen LogP contribution in [0.1, 0.15) is 27.7 Å². The minimum atomic E-state index is -0.775. The largest absolute Gasteiger partial charge is 0.480 e. The minimum absolute atomic E-state index is 0.461. The van der Waals surface area contributed by atoms with Crippen molar-refractivity contribution in [2.75, 3.05) is 6.61 Å². The summed E-state index contributed by atoms with van der Waals surface area (Å²) in [6.07, 6.45) is 0. The summed E-state index contributed by atoms with van der Waals surface area (Å²) in [6.45, 7) is 19.2.